The molecule has 1 aliphatic rings. The lowest BCUT2D eigenvalue weighted by Crippen LogP contribution is -2.48. The molecule has 0 unspecified atom stereocenters. The molecular weight excluding hydrogens is 366 g/mol. The number of piperazine rings is 1. The molecule has 7 nitrogen and oxygen atoms in total. The number of rotatable bonds is 7. The molecule has 0 amide bonds. The van der Waals surface area contributed by atoms with Crippen molar-refractivity contribution in [3.63, 3.8) is 0 Å². The number of benzene rings is 1. The van der Waals surface area contributed by atoms with Crippen LogP contribution in [-0.2, 0) is 0 Å². The normalized spacial score (nSPS) is 15.3. The van der Waals surface area contributed by atoms with Crippen molar-refractivity contribution in [1.29, 1.82) is 0 Å². The van der Waals surface area contributed by atoms with Crippen LogP contribution in [0.4, 0.5) is 5.82 Å². The van der Waals surface area contributed by atoms with Gasteiger partial charge in [0.15, 0.2) is 17.7 Å². The topological polar surface area (TPSA) is 74.5 Å². The zero-order valence-corrected chi connectivity index (χ0v) is 16.5. The minimum Gasteiger partial charge on any atom is -0.390 e. The van der Waals surface area contributed by atoms with E-state index in [1.165, 1.54) is 0 Å². The number of fused-ring (bicyclic) bond motifs is 1. The van der Waals surface area contributed by atoms with Gasteiger partial charge in [-0.2, -0.15) is 0 Å². The zero-order chi connectivity index (χ0) is 20.1. The molecule has 1 saturated heterocycles. The molecule has 0 spiro atoms. The predicted molar refractivity (Wildman–Crippen MR) is 114 cm³/mol. The summed E-state index contributed by atoms with van der Waals surface area (Å²) in [5.41, 5.74) is 3.22. The fourth-order valence-electron chi connectivity index (χ4n) is 3.57. The maximum Gasteiger partial charge on any atom is 0.180 e. The van der Waals surface area contributed by atoms with Crippen molar-refractivity contribution in [2.45, 2.75) is 6.92 Å². The first-order chi connectivity index (χ1) is 14.2. The number of aromatic nitrogens is 2. The van der Waals surface area contributed by atoms with E-state index in [4.69, 9.17) is 4.52 Å². The molecule has 0 atom stereocenters. The number of nitrogens with zero attached hydrogens (tertiary/aromatic N) is 4. The average molecular weight is 391 g/mol. The first-order valence-corrected chi connectivity index (χ1v) is 9.88. The summed E-state index contributed by atoms with van der Waals surface area (Å²) < 4.78 is 5.43. The Hall–Kier alpha value is -3.19. The van der Waals surface area contributed by atoms with Gasteiger partial charge < -0.3 is 14.7 Å². The molecule has 3 heterocycles. The van der Waals surface area contributed by atoms with Crippen LogP contribution >= 0.6 is 0 Å². The lowest BCUT2D eigenvalue weighted by atomic mass is 10.1. The number of aryl methyl sites for hydroxylation is 1. The minimum absolute atomic E-state index is 0.602. The highest BCUT2D eigenvalue weighted by Gasteiger charge is 2.21. The number of carbonyl (C=O) groups excluding carboxylic acids is 1. The van der Waals surface area contributed by atoms with E-state index in [0.717, 1.165) is 73.6 Å². The van der Waals surface area contributed by atoms with Crippen molar-refractivity contribution < 1.29 is 9.32 Å². The Morgan fingerprint density at radius 3 is 2.83 bits per heavy atom. The summed E-state index contributed by atoms with van der Waals surface area (Å²) in [6.07, 6.45) is 6.27. The quantitative estimate of drug-likeness (QED) is 0.490. The summed E-state index contributed by atoms with van der Waals surface area (Å²) in [6, 6.07) is 9.90. The number of hydrogen-bond acceptors (Lipinski definition) is 7. The lowest BCUT2D eigenvalue weighted by molar-refractivity contribution is 0.112. The van der Waals surface area contributed by atoms with Crippen LogP contribution in [0.15, 0.2) is 47.3 Å². The molecule has 3 aromatic rings. The second-order valence-electron chi connectivity index (χ2n) is 7.19. The highest BCUT2D eigenvalue weighted by Crippen LogP contribution is 2.26. The van der Waals surface area contributed by atoms with E-state index in [2.05, 4.69) is 31.3 Å². The molecule has 1 N–H and O–H groups in total. The summed E-state index contributed by atoms with van der Waals surface area (Å²) in [6.45, 7) is 7.59. The number of aldehydes is 1. The van der Waals surface area contributed by atoms with E-state index in [-0.39, 0.29) is 0 Å². The third-order valence-electron chi connectivity index (χ3n) is 5.22. The van der Waals surface area contributed by atoms with Crippen LogP contribution in [0, 0.1) is 6.92 Å². The van der Waals surface area contributed by atoms with Crippen LogP contribution < -0.4 is 10.2 Å². The van der Waals surface area contributed by atoms with E-state index >= 15 is 0 Å². The first-order valence-electron chi connectivity index (χ1n) is 9.88. The number of carbonyl (C=O) groups is 1. The van der Waals surface area contributed by atoms with Crippen molar-refractivity contribution >= 4 is 29.1 Å². The summed E-state index contributed by atoms with van der Waals surface area (Å²) in [5, 5.41) is 8.65. The van der Waals surface area contributed by atoms with Crippen LogP contribution in [0.5, 0.6) is 0 Å². The van der Waals surface area contributed by atoms with Gasteiger partial charge in [0.2, 0.25) is 0 Å². The van der Waals surface area contributed by atoms with Gasteiger partial charge in [-0.25, -0.2) is 0 Å². The molecule has 1 aromatic carbocycles. The van der Waals surface area contributed by atoms with Crippen molar-refractivity contribution in [3.05, 3.63) is 59.5 Å². The fraction of sp³-hybridized carbons (Fsp3) is 0.318. The number of nitrogens with one attached hydrogen (secondary N) is 1. The minimum atomic E-state index is 0.602. The number of hydrogen-bond donors (Lipinski definition) is 1. The van der Waals surface area contributed by atoms with Gasteiger partial charge >= 0.3 is 0 Å². The monoisotopic (exact) mass is 391 g/mol. The molecule has 4 rings (SSSR count). The zero-order valence-electron chi connectivity index (χ0n) is 16.5. The van der Waals surface area contributed by atoms with Gasteiger partial charge in [-0.3, -0.25) is 14.7 Å². The molecule has 29 heavy (non-hydrogen) atoms. The molecule has 0 radical (unpaired) electrons. The Bertz CT molecular complexity index is 1010. The molecule has 2 aromatic heterocycles. The standard InChI is InChI=1S/C22H25N5O2/c1-17-14-18(19(16-28)15-24-17)6-7-23-8-9-26-10-12-27(13-11-26)22-20-4-2-3-5-21(20)29-25-22/h2-7,14-16,23H,8-13H2,1H3/b7-6-. The largest absolute Gasteiger partial charge is 0.390 e. The maximum absolute atomic E-state index is 11.1. The maximum atomic E-state index is 11.1. The van der Waals surface area contributed by atoms with E-state index in [9.17, 15) is 4.79 Å². The SMILES string of the molecule is Cc1cc(/C=C\NCCN2CCN(c3noc4ccccc34)CC2)c(C=O)cn1. The molecule has 7 heteroatoms. The van der Waals surface area contributed by atoms with E-state index < -0.39 is 0 Å². The van der Waals surface area contributed by atoms with Gasteiger partial charge in [0.1, 0.15) is 0 Å². The third-order valence-corrected chi connectivity index (χ3v) is 5.22. The van der Waals surface area contributed by atoms with E-state index in [0.29, 0.717) is 5.56 Å². The van der Waals surface area contributed by atoms with Gasteiger partial charge in [0, 0.05) is 56.7 Å². The highest BCUT2D eigenvalue weighted by atomic mass is 16.5. The Morgan fingerprint density at radius 2 is 2.00 bits per heavy atom. The summed E-state index contributed by atoms with van der Waals surface area (Å²) >= 11 is 0. The fourth-order valence-corrected chi connectivity index (χ4v) is 3.57. The van der Waals surface area contributed by atoms with Crippen molar-refractivity contribution in [3.8, 4) is 0 Å². The first kappa shape index (κ1) is 19.1. The number of para-hydroxylation sites is 1. The Morgan fingerprint density at radius 1 is 1.17 bits per heavy atom. The van der Waals surface area contributed by atoms with Crippen molar-refractivity contribution in [2.24, 2.45) is 0 Å². The summed E-state index contributed by atoms with van der Waals surface area (Å²) in [4.78, 5) is 20.0. The molecule has 1 fully saturated rings. The van der Waals surface area contributed by atoms with E-state index in [1.807, 2.05) is 43.5 Å². The van der Waals surface area contributed by atoms with E-state index in [1.54, 1.807) is 6.20 Å². The smallest absolute Gasteiger partial charge is 0.180 e. The van der Waals surface area contributed by atoms with Crippen LogP contribution in [-0.4, -0.2) is 60.6 Å². The Labute approximate surface area is 170 Å². The van der Waals surface area contributed by atoms with Crippen molar-refractivity contribution in [2.75, 3.05) is 44.2 Å². The average Bonchev–Trinajstić information content (AvgIpc) is 3.18. The number of anilines is 1. The molecular formula is C22H25N5O2. The van der Waals surface area contributed by atoms with Crippen LogP contribution in [0.3, 0.4) is 0 Å². The highest BCUT2D eigenvalue weighted by molar-refractivity contribution is 5.88. The predicted octanol–water partition coefficient (Wildman–Crippen LogP) is 2.73. The third kappa shape index (κ3) is 4.46. The molecule has 0 bridgehead atoms. The molecule has 1 aliphatic heterocycles. The van der Waals surface area contributed by atoms with Crippen molar-refractivity contribution in [1.82, 2.24) is 20.4 Å². The van der Waals surface area contributed by atoms with Crippen LogP contribution in [0.25, 0.3) is 17.0 Å². The molecule has 150 valence electrons. The lowest BCUT2D eigenvalue weighted by Gasteiger charge is -2.34. The van der Waals surface area contributed by atoms with Crippen LogP contribution in [0.2, 0.25) is 0 Å². The molecule has 0 saturated carbocycles. The van der Waals surface area contributed by atoms with Gasteiger partial charge in [0.05, 0.1) is 5.39 Å². The second-order valence-corrected chi connectivity index (χ2v) is 7.19. The van der Waals surface area contributed by atoms with Gasteiger partial charge in [-0.15, -0.1) is 0 Å². The Balaban J connectivity index is 1.24. The Kier molecular flexibility index (Phi) is 5.86. The summed E-state index contributed by atoms with van der Waals surface area (Å²) in [7, 11) is 0. The summed E-state index contributed by atoms with van der Waals surface area (Å²) in [5.74, 6) is 0.944. The van der Waals surface area contributed by atoms with Gasteiger partial charge in [0.25, 0.3) is 0 Å². The number of pyridine rings is 1. The molecule has 0 aliphatic carbocycles. The second kappa shape index (κ2) is 8.87. The van der Waals surface area contributed by atoms with Gasteiger partial charge in [-0.05, 0) is 43.0 Å². The van der Waals surface area contributed by atoms with Gasteiger partial charge in [-0.1, -0.05) is 17.3 Å². The van der Waals surface area contributed by atoms with Crippen LogP contribution in [0.1, 0.15) is 21.6 Å².